The molecule has 0 N–H and O–H groups in total. The normalized spacial score (nSPS) is 19.3. The SMILES string of the molecule is CCCCCCCCc1ccc(-c2ccc(C3CCC(CCCCC)CC3)nc2)cc1.CCCCCCCc1ccc(-c2ccc(C3CCC(CCCCC)CC3)nc2)cc1.CCCCCCc1ccc(-c2ccc(C3CCC(CCCCC)CC3)nc2)cc1.CCCCCc1ccc(-c2ccc(C3CCC(CCCCC)CC3)nc2)cc1. The second kappa shape index (κ2) is 57.7. The first-order valence-corrected chi connectivity index (χ1v) is 50.4. The Morgan fingerprint density at radius 3 is 0.551 bits per heavy atom. The van der Waals surface area contributed by atoms with Gasteiger partial charge in [0, 0.05) is 93.5 Å². The van der Waals surface area contributed by atoms with E-state index in [9.17, 15) is 0 Å². The summed E-state index contributed by atoms with van der Waals surface area (Å²) in [6.45, 7) is 18.3. The summed E-state index contributed by atoms with van der Waals surface area (Å²) in [6, 6.07) is 54.9. The smallest absolute Gasteiger partial charge is 0.0434 e. The lowest BCUT2D eigenvalue weighted by Crippen LogP contribution is -2.14. The van der Waals surface area contributed by atoms with Gasteiger partial charge in [0.1, 0.15) is 0 Å². The lowest BCUT2D eigenvalue weighted by atomic mass is 9.78. The van der Waals surface area contributed by atoms with E-state index in [1.54, 1.807) is 0 Å². The van der Waals surface area contributed by atoms with Gasteiger partial charge in [0.2, 0.25) is 0 Å². The van der Waals surface area contributed by atoms with Gasteiger partial charge in [-0.15, -0.1) is 0 Å². The van der Waals surface area contributed by atoms with Crippen LogP contribution in [-0.4, -0.2) is 19.9 Å². The topological polar surface area (TPSA) is 51.6 Å². The molecule has 4 fully saturated rings. The molecule has 0 radical (unpaired) electrons. The molecular formula is C114H168N4. The van der Waals surface area contributed by atoms with Crippen LogP contribution >= 0.6 is 0 Å². The number of pyridine rings is 4. The Labute approximate surface area is 724 Å². The quantitative estimate of drug-likeness (QED) is 0.0357. The summed E-state index contributed by atoms with van der Waals surface area (Å²) < 4.78 is 0. The molecule has 4 aliphatic rings. The standard InChI is InChI=1S/C30H45N.C29H43N.C28H41N.C27H39N/c1-3-5-7-8-9-11-13-26-14-18-27(19-15-26)29-22-23-30(31-24-29)28-20-16-25(17-21-28)12-10-6-4-2;1-3-5-7-8-10-12-25-13-17-26(18-14-25)28-21-22-29(30-23-28)27-19-15-24(16-20-27)11-9-6-4-2;1-3-5-7-9-11-24-12-16-25(17-13-24)27-20-21-28(29-22-27)26-18-14-23(15-19-26)10-8-6-4-2;1-3-5-7-9-22-11-15-24(16-12-22)26-19-20-27(28-21-26)25-17-13-23(14-18-25)10-8-6-4-2/h14-15,18-19,22-25,28H,3-13,16-17,20-21H2,1-2H3;13-14,17-18,21-24,27H,3-12,15-16,19-20H2,1-2H3;12-13,16-17,20-23,26H,3-11,14-15,18-19H2,1-2H3;11-12,15-16,19-21,23,25H,3-10,13-14,17-18H2,1-2H3. The van der Waals surface area contributed by atoms with Crippen molar-refractivity contribution in [1.82, 2.24) is 19.9 Å². The van der Waals surface area contributed by atoms with Gasteiger partial charge >= 0.3 is 0 Å². The Hall–Kier alpha value is -6.52. The number of benzene rings is 4. The predicted molar refractivity (Wildman–Crippen MR) is 515 cm³/mol. The van der Waals surface area contributed by atoms with Gasteiger partial charge in [0.15, 0.2) is 0 Å². The Kier molecular flexibility index (Phi) is 46.6. The number of rotatable bonds is 46. The van der Waals surface area contributed by atoms with Gasteiger partial charge < -0.3 is 0 Å². The van der Waals surface area contributed by atoms with E-state index in [1.165, 1.54) is 436 Å². The lowest BCUT2D eigenvalue weighted by Gasteiger charge is -2.28. The van der Waals surface area contributed by atoms with Crippen LogP contribution in [0, 0.1) is 23.7 Å². The molecule has 4 nitrogen and oxygen atoms in total. The molecule has 4 heterocycles. The molecule has 4 aromatic carbocycles. The molecule has 0 amide bonds. The molecule has 0 spiro atoms. The van der Waals surface area contributed by atoms with Crippen LogP contribution in [0.25, 0.3) is 44.5 Å². The van der Waals surface area contributed by atoms with Gasteiger partial charge in [0.05, 0.1) is 0 Å². The van der Waals surface area contributed by atoms with Crippen LogP contribution in [0.2, 0.25) is 0 Å². The molecule has 0 atom stereocenters. The molecule has 0 aliphatic heterocycles. The Morgan fingerprint density at radius 1 is 0.178 bits per heavy atom. The molecule has 4 aromatic heterocycles. The van der Waals surface area contributed by atoms with Gasteiger partial charge in [-0.1, -0.05) is 369 Å². The second-order valence-corrected chi connectivity index (χ2v) is 37.5. The third kappa shape index (κ3) is 35.1. The summed E-state index contributed by atoms with van der Waals surface area (Å²) in [6.07, 6.45) is 81.7. The van der Waals surface area contributed by atoms with Gasteiger partial charge in [-0.05, 0) is 247 Å². The van der Waals surface area contributed by atoms with E-state index in [0.717, 1.165) is 23.7 Å². The zero-order chi connectivity index (χ0) is 82.7. The highest BCUT2D eigenvalue weighted by Crippen LogP contribution is 2.42. The highest BCUT2D eigenvalue weighted by molar-refractivity contribution is 5.65. The van der Waals surface area contributed by atoms with Crippen molar-refractivity contribution in [1.29, 1.82) is 0 Å². The summed E-state index contributed by atoms with van der Waals surface area (Å²) in [5.74, 6) is 6.59. The number of aryl methyl sites for hydroxylation is 4. The van der Waals surface area contributed by atoms with Crippen molar-refractivity contribution in [3.05, 3.63) is 215 Å². The molecule has 8 aromatic rings. The Morgan fingerprint density at radius 2 is 0.347 bits per heavy atom. The fourth-order valence-electron chi connectivity index (χ4n) is 19.8. The third-order valence-electron chi connectivity index (χ3n) is 28.0. The molecule has 4 aliphatic carbocycles. The molecular weight excluding hydrogens is 1430 g/mol. The van der Waals surface area contributed by atoms with Crippen molar-refractivity contribution in [2.45, 2.75) is 426 Å². The first-order valence-electron chi connectivity index (χ1n) is 50.4. The summed E-state index contributed by atoms with van der Waals surface area (Å²) in [7, 11) is 0. The number of hydrogen-bond donors (Lipinski definition) is 0. The van der Waals surface area contributed by atoms with Gasteiger partial charge in [0.25, 0.3) is 0 Å². The van der Waals surface area contributed by atoms with Gasteiger partial charge in [-0.2, -0.15) is 0 Å². The summed E-state index contributed by atoms with van der Waals surface area (Å²) in [5.41, 5.74) is 21.3. The van der Waals surface area contributed by atoms with Crippen LogP contribution in [0.1, 0.15) is 445 Å². The lowest BCUT2D eigenvalue weighted by molar-refractivity contribution is 0.300. The number of aromatic nitrogens is 4. The van der Waals surface area contributed by atoms with Crippen LogP contribution in [0.15, 0.2) is 170 Å². The minimum atomic E-state index is 0.677. The minimum absolute atomic E-state index is 0.677. The largest absolute Gasteiger partial charge is 0.260 e. The van der Waals surface area contributed by atoms with Crippen LogP contribution in [0.4, 0.5) is 0 Å². The van der Waals surface area contributed by atoms with E-state index in [4.69, 9.17) is 19.9 Å². The van der Waals surface area contributed by atoms with Crippen molar-refractivity contribution in [3.63, 3.8) is 0 Å². The Balaban J connectivity index is 0.000000179. The van der Waals surface area contributed by atoms with Crippen LogP contribution in [-0.2, 0) is 25.7 Å². The average molecular weight is 1590 g/mol. The van der Waals surface area contributed by atoms with Gasteiger partial charge in [-0.3, -0.25) is 19.9 Å². The fraction of sp³-hybridized carbons (Fsp3) is 0.614. The molecule has 644 valence electrons. The maximum Gasteiger partial charge on any atom is 0.0434 e. The average Bonchev–Trinajstić information content (AvgIpc) is 0.847. The van der Waals surface area contributed by atoms with Crippen LogP contribution in [0.3, 0.4) is 0 Å². The molecule has 118 heavy (non-hydrogen) atoms. The van der Waals surface area contributed by atoms with E-state index in [2.05, 4.69) is 226 Å². The number of unbranched alkanes of at least 4 members (excludes halogenated alkanes) is 22. The molecule has 0 saturated heterocycles. The van der Waals surface area contributed by atoms with Crippen molar-refractivity contribution >= 4 is 0 Å². The molecule has 0 bridgehead atoms. The Bertz CT molecular complexity index is 3750. The summed E-state index contributed by atoms with van der Waals surface area (Å²) >= 11 is 0. The zero-order valence-electron chi connectivity index (χ0n) is 76.8. The van der Waals surface area contributed by atoms with Crippen molar-refractivity contribution in [2.24, 2.45) is 23.7 Å². The van der Waals surface area contributed by atoms with E-state index in [-0.39, 0.29) is 0 Å². The first kappa shape index (κ1) is 95.3. The predicted octanol–water partition coefficient (Wildman–Crippen LogP) is 35.7. The number of hydrogen-bond acceptors (Lipinski definition) is 4. The summed E-state index contributed by atoms with van der Waals surface area (Å²) in [4.78, 5) is 19.5. The second-order valence-electron chi connectivity index (χ2n) is 37.5. The maximum atomic E-state index is 4.89. The molecule has 4 saturated carbocycles. The minimum Gasteiger partial charge on any atom is -0.260 e. The van der Waals surface area contributed by atoms with Gasteiger partial charge in [-0.25, -0.2) is 0 Å². The first-order chi connectivity index (χ1) is 58.2. The molecule has 0 unspecified atom stereocenters. The highest BCUT2D eigenvalue weighted by atomic mass is 14.7. The highest BCUT2D eigenvalue weighted by Gasteiger charge is 2.27. The summed E-state index contributed by atoms with van der Waals surface area (Å²) in [5, 5.41) is 0. The van der Waals surface area contributed by atoms with E-state index in [0.29, 0.717) is 23.7 Å². The van der Waals surface area contributed by atoms with Crippen molar-refractivity contribution < 1.29 is 0 Å². The van der Waals surface area contributed by atoms with Crippen LogP contribution < -0.4 is 0 Å². The molecule has 4 heteroatoms. The van der Waals surface area contributed by atoms with E-state index >= 15 is 0 Å². The number of nitrogens with zero attached hydrogens (tertiary/aromatic N) is 4. The third-order valence-corrected chi connectivity index (χ3v) is 28.0. The zero-order valence-corrected chi connectivity index (χ0v) is 76.8. The van der Waals surface area contributed by atoms with Crippen LogP contribution in [0.5, 0.6) is 0 Å². The maximum absolute atomic E-state index is 4.89. The fourth-order valence-corrected chi connectivity index (χ4v) is 19.8. The van der Waals surface area contributed by atoms with Crippen molar-refractivity contribution in [3.8, 4) is 44.5 Å². The molecule has 12 rings (SSSR count). The van der Waals surface area contributed by atoms with E-state index < -0.39 is 0 Å². The monoisotopic (exact) mass is 1590 g/mol. The van der Waals surface area contributed by atoms with Crippen molar-refractivity contribution in [2.75, 3.05) is 0 Å². The van der Waals surface area contributed by atoms with E-state index in [1.807, 2.05) is 0 Å².